The molecule has 3 rings (SSSR count). The van der Waals surface area contributed by atoms with Crippen molar-refractivity contribution in [3.05, 3.63) is 28.6 Å². The van der Waals surface area contributed by atoms with Gasteiger partial charge in [0.1, 0.15) is 27.2 Å². The molecule has 8 nitrogen and oxygen atoms in total. The number of nitrogen functional groups attached to an aromatic ring is 2. The number of nitrogens with zero attached hydrogens (tertiary/aromatic N) is 2. The summed E-state index contributed by atoms with van der Waals surface area (Å²) in [6, 6.07) is 5.47. The third kappa shape index (κ3) is 3.02. The summed E-state index contributed by atoms with van der Waals surface area (Å²) < 4.78 is 28.9. The monoisotopic (exact) mass is 391 g/mol. The van der Waals surface area contributed by atoms with Gasteiger partial charge in [-0.15, -0.1) is 11.3 Å². The molecule has 0 spiro atoms. The number of aromatic nitrogens is 1. The van der Waals surface area contributed by atoms with E-state index >= 15 is 0 Å². The van der Waals surface area contributed by atoms with Crippen molar-refractivity contribution in [3.8, 4) is 28.7 Å². The van der Waals surface area contributed by atoms with Crippen LogP contribution in [0, 0.1) is 11.3 Å². The summed E-state index contributed by atoms with van der Waals surface area (Å²) in [5.41, 5.74) is 17.6. The second-order valence-corrected chi connectivity index (χ2v) is 6.31. The van der Waals surface area contributed by atoms with Gasteiger partial charge in [-0.3, -0.25) is 4.79 Å². The third-order valence-corrected chi connectivity index (χ3v) is 4.82. The molecule has 1 amide bonds. The van der Waals surface area contributed by atoms with Crippen LogP contribution < -0.4 is 21.9 Å². The first-order valence-corrected chi connectivity index (χ1v) is 8.05. The molecule has 2 heterocycles. The van der Waals surface area contributed by atoms with Crippen LogP contribution >= 0.6 is 11.3 Å². The molecular weight excluding hydrogens is 380 g/mol. The van der Waals surface area contributed by atoms with Crippen molar-refractivity contribution in [1.29, 1.82) is 5.26 Å². The zero-order valence-electron chi connectivity index (χ0n) is 13.4. The molecule has 0 aliphatic heterocycles. The summed E-state index contributed by atoms with van der Waals surface area (Å²) in [4.78, 5) is 16.0. The SMILES string of the molecule is N#Cc1c(N)nc2sc(C(N)=O)c(N)c2c1-c1ccc(OC(F)F)c(O)c1. The summed E-state index contributed by atoms with van der Waals surface area (Å²) in [5, 5.41) is 19.7. The Hall–Kier alpha value is -3.65. The Morgan fingerprint density at radius 1 is 1.37 bits per heavy atom. The molecule has 0 unspecified atom stereocenters. The maximum absolute atomic E-state index is 12.4. The van der Waals surface area contributed by atoms with Crippen LogP contribution in [0.5, 0.6) is 11.5 Å². The number of alkyl halides is 2. The van der Waals surface area contributed by atoms with Gasteiger partial charge in [0.2, 0.25) is 0 Å². The smallest absolute Gasteiger partial charge is 0.387 e. The van der Waals surface area contributed by atoms with Gasteiger partial charge in [0.25, 0.3) is 5.91 Å². The Kier molecular flexibility index (Phi) is 4.42. The van der Waals surface area contributed by atoms with Crippen molar-refractivity contribution in [2.75, 3.05) is 11.5 Å². The van der Waals surface area contributed by atoms with E-state index in [9.17, 15) is 23.9 Å². The van der Waals surface area contributed by atoms with E-state index in [0.717, 1.165) is 23.5 Å². The van der Waals surface area contributed by atoms with Gasteiger partial charge in [0.15, 0.2) is 11.5 Å². The number of rotatable bonds is 4. The minimum absolute atomic E-state index is 0.00824. The molecule has 1 aromatic carbocycles. The molecule has 0 aliphatic rings. The summed E-state index contributed by atoms with van der Waals surface area (Å²) in [6.45, 7) is -3.12. The van der Waals surface area contributed by atoms with Crippen LogP contribution in [0.2, 0.25) is 0 Å². The first-order chi connectivity index (χ1) is 12.7. The van der Waals surface area contributed by atoms with Gasteiger partial charge in [-0.05, 0) is 17.7 Å². The van der Waals surface area contributed by atoms with Gasteiger partial charge in [-0.1, -0.05) is 6.07 Å². The van der Waals surface area contributed by atoms with E-state index in [1.165, 1.54) is 6.07 Å². The molecule has 0 saturated heterocycles. The number of halogens is 2. The molecule has 0 aliphatic carbocycles. The lowest BCUT2D eigenvalue weighted by Gasteiger charge is -2.12. The van der Waals surface area contributed by atoms with E-state index in [-0.39, 0.29) is 43.3 Å². The Morgan fingerprint density at radius 2 is 2.07 bits per heavy atom. The highest BCUT2D eigenvalue weighted by Gasteiger charge is 2.24. The Balaban J connectivity index is 2.34. The van der Waals surface area contributed by atoms with Crippen molar-refractivity contribution in [2.45, 2.75) is 6.61 Å². The van der Waals surface area contributed by atoms with Gasteiger partial charge in [-0.2, -0.15) is 14.0 Å². The van der Waals surface area contributed by atoms with Crippen LogP contribution in [-0.4, -0.2) is 22.6 Å². The number of carbonyl (C=O) groups is 1. The van der Waals surface area contributed by atoms with Crippen LogP contribution in [0.4, 0.5) is 20.3 Å². The highest BCUT2D eigenvalue weighted by atomic mass is 32.1. The first-order valence-electron chi connectivity index (χ1n) is 7.24. The lowest BCUT2D eigenvalue weighted by atomic mass is 9.97. The van der Waals surface area contributed by atoms with Crippen molar-refractivity contribution < 1.29 is 23.4 Å². The fourth-order valence-electron chi connectivity index (χ4n) is 2.62. The number of amides is 1. The second kappa shape index (κ2) is 6.58. The minimum atomic E-state index is -3.12. The predicted octanol–water partition coefficient (Wildman–Crippen LogP) is 2.41. The number of hydrogen-bond donors (Lipinski definition) is 4. The zero-order valence-corrected chi connectivity index (χ0v) is 14.2. The fraction of sp³-hybridized carbons (Fsp3) is 0.0625. The van der Waals surface area contributed by atoms with Gasteiger partial charge in [0, 0.05) is 10.9 Å². The highest BCUT2D eigenvalue weighted by Crippen LogP contribution is 2.44. The number of nitriles is 1. The number of ether oxygens (including phenoxy) is 1. The van der Waals surface area contributed by atoms with E-state index in [1.807, 2.05) is 6.07 Å². The van der Waals surface area contributed by atoms with E-state index in [0.29, 0.717) is 0 Å². The normalized spacial score (nSPS) is 10.9. The lowest BCUT2D eigenvalue weighted by Crippen LogP contribution is -2.10. The molecule has 0 fully saturated rings. The van der Waals surface area contributed by atoms with Gasteiger partial charge in [-0.25, -0.2) is 4.98 Å². The average Bonchev–Trinajstić information content (AvgIpc) is 2.91. The number of pyridine rings is 1. The molecule has 27 heavy (non-hydrogen) atoms. The topological polar surface area (TPSA) is 161 Å². The quantitative estimate of drug-likeness (QED) is 0.531. The summed E-state index contributed by atoms with van der Waals surface area (Å²) in [7, 11) is 0. The number of hydrogen-bond acceptors (Lipinski definition) is 8. The van der Waals surface area contributed by atoms with Crippen LogP contribution in [0.1, 0.15) is 15.2 Å². The molecule has 3 aromatic rings. The fourth-order valence-corrected chi connectivity index (χ4v) is 3.59. The maximum Gasteiger partial charge on any atom is 0.387 e. The summed E-state index contributed by atoms with van der Waals surface area (Å²) in [5.74, 6) is -1.92. The number of anilines is 2. The van der Waals surface area contributed by atoms with Crippen LogP contribution in [0.25, 0.3) is 21.3 Å². The van der Waals surface area contributed by atoms with Gasteiger partial charge in [0.05, 0.1) is 5.69 Å². The molecule has 2 aromatic heterocycles. The van der Waals surface area contributed by atoms with E-state index in [1.54, 1.807) is 0 Å². The third-order valence-electron chi connectivity index (χ3n) is 3.70. The molecule has 0 bridgehead atoms. The highest BCUT2D eigenvalue weighted by molar-refractivity contribution is 7.21. The largest absolute Gasteiger partial charge is 0.504 e. The first kappa shape index (κ1) is 18.2. The Morgan fingerprint density at radius 3 is 2.63 bits per heavy atom. The maximum atomic E-state index is 12.4. The molecule has 11 heteroatoms. The molecular formula is C16H11F2N5O3S. The second-order valence-electron chi connectivity index (χ2n) is 5.31. The van der Waals surface area contributed by atoms with E-state index in [2.05, 4.69) is 9.72 Å². The number of phenols is 1. The van der Waals surface area contributed by atoms with Crippen molar-refractivity contribution in [1.82, 2.24) is 4.98 Å². The predicted molar refractivity (Wildman–Crippen MR) is 95.4 cm³/mol. The number of nitrogens with two attached hydrogens (primary N) is 3. The standard InChI is InChI=1S/C16H11F2N5O3S/c17-16(18)26-8-2-1-5(3-7(8)24)9-6(4-19)13(21)23-15-10(9)11(20)12(27-15)14(22)25/h1-3,16,24H,20H2,(H2,21,23)(H2,22,25). The molecule has 138 valence electrons. The van der Waals surface area contributed by atoms with Crippen molar-refractivity contribution in [2.24, 2.45) is 5.73 Å². The van der Waals surface area contributed by atoms with Crippen LogP contribution in [0.3, 0.4) is 0 Å². The average molecular weight is 391 g/mol. The van der Waals surface area contributed by atoms with Crippen LogP contribution in [0.15, 0.2) is 18.2 Å². The number of carbonyl (C=O) groups excluding carboxylic acids is 1. The molecule has 0 saturated carbocycles. The zero-order chi connectivity index (χ0) is 19.9. The lowest BCUT2D eigenvalue weighted by molar-refractivity contribution is -0.0512. The summed E-state index contributed by atoms with van der Waals surface area (Å²) >= 11 is 0.904. The number of benzene rings is 1. The Bertz CT molecular complexity index is 1120. The van der Waals surface area contributed by atoms with Gasteiger partial charge >= 0.3 is 6.61 Å². The van der Waals surface area contributed by atoms with Crippen molar-refractivity contribution >= 4 is 39.0 Å². The molecule has 0 atom stereocenters. The van der Waals surface area contributed by atoms with E-state index < -0.39 is 24.0 Å². The minimum Gasteiger partial charge on any atom is -0.504 e. The van der Waals surface area contributed by atoms with E-state index in [4.69, 9.17) is 17.2 Å². The number of aromatic hydroxyl groups is 1. The van der Waals surface area contributed by atoms with Crippen LogP contribution in [-0.2, 0) is 0 Å². The number of primary amides is 1. The van der Waals surface area contributed by atoms with Gasteiger partial charge < -0.3 is 27.0 Å². The molecule has 7 N–H and O–H groups in total. The number of phenolic OH excluding ortho intramolecular Hbond substituents is 1. The summed E-state index contributed by atoms with van der Waals surface area (Å²) in [6.07, 6.45) is 0. The molecule has 0 radical (unpaired) electrons. The number of thiophene rings is 1. The Labute approximate surface area is 154 Å². The van der Waals surface area contributed by atoms with Crippen molar-refractivity contribution in [3.63, 3.8) is 0 Å². The number of fused-ring (bicyclic) bond motifs is 1.